The zero-order chi connectivity index (χ0) is 18.6. The van der Waals surface area contributed by atoms with Crippen molar-refractivity contribution in [3.8, 4) is 0 Å². The third kappa shape index (κ3) is 2.86. The summed E-state index contributed by atoms with van der Waals surface area (Å²) < 4.78 is 66.0. The van der Waals surface area contributed by atoms with Crippen molar-refractivity contribution in [2.45, 2.75) is 13.1 Å². The van der Waals surface area contributed by atoms with E-state index in [-0.39, 0.29) is 15.4 Å². The standard InChI is InChI=1S/C15H14F3N3O3S/c1-9-5-3-4-6-10(9)13-12(22)11-7-20(2)19-14(11)21(25(13,23)24)8-15(16,17)18/h3-7,22H,8H2,1-2H3. The number of anilines is 1. The summed E-state index contributed by atoms with van der Waals surface area (Å²) in [6.45, 7) is -0.125. The second-order valence-electron chi connectivity index (χ2n) is 5.66. The second-order valence-corrected chi connectivity index (χ2v) is 7.46. The fraction of sp³-hybridized carbons (Fsp3) is 0.267. The number of aliphatic hydroxyl groups excluding tert-OH is 1. The lowest BCUT2D eigenvalue weighted by Gasteiger charge is -2.29. The molecule has 0 spiro atoms. The molecule has 1 N–H and O–H groups in total. The molecule has 6 nitrogen and oxygen atoms in total. The van der Waals surface area contributed by atoms with Crippen molar-refractivity contribution in [2.24, 2.45) is 7.05 Å². The van der Waals surface area contributed by atoms with Crippen molar-refractivity contribution in [1.82, 2.24) is 9.78 Å². The minimum atomic E-state index is -4.77. The van der Waals surface area contributed by atoms with Gasteiger partial charge >= 0.3 is 6.18 Å². The molecular weight excluding hydrogens is 359 g/mol. The summed E-state index contributed by atoms with van der Waals surface area (Å²) in [5, 5.41) is 14.3. The zero-order valence-electron chi connectivity index (χ0n) is 13.2. The average Bonchev–Trinajstić information content (AvgIpc) is 2.86. The first-order valence-corrected chi connectivity index (χ1v) is 8.59. The van der Waals surface area contributed by atoms with Gasteiger partial charge in [-0.25, -0.2) is 12.7 Å². The van der Waals surface area contributed by atoms with Gasteiger partial charge in [-0.3, -0.25) is 4.68 Å². The number of halogens is 3. The van der Waals surface area contributed by atoms with Gasteiger partial charge in [0.2, 0.25) is 0 Å². The topological polar surface area (TPSA) is 75.4 Å². The Bertz CT molecular complexity index is 977. The van der Waals surface area contributed by atoms with E-state index in [9.17, 15) is 26.7 Å². The number of alkyl halides is 3. The lowest BCUT2D eigenvalue weighted by molar-refractivity contribution is -0.117. The van der Waals surface area contributed by atoms with E-state index in [0.29, 0.717) is 5.56 Å². The molecular formula is C15H14F3N3O3S. The Balaban J connectivity index is 2.33. The van der Waals surface area contributed by atoms with Crippen LogP contribution >= 0.6 is 0 Å². The lowest BCUT2D eigenvalue weighted by atomic mass is 10.1. The fourth-order valence-corrected chi connectivity index (χ4v) is 4.47. The quantitative estimate of drug-likeness (QED) is 0.878. The highest BCUT2D eigenvalue weighted by Crippen LogP contribution is 2.43. The molecule has 0 fully saturated rings. The van der Waals surface area contributed by atoms with Gasteiger partial charge < -0.3 is 5.11 Å². The van der Waals surface area contributed by atoms with Crippen molar-refractivity contribution >= 4 is 26.5 Å². The van der Waals surface area contributed by atoms with Gasteiger partial charge in [0.25, 0.3) is 10.0 Å². The normalized spacial score (nSPS) is 16.9. The monoisotopic (exact) mass is 373 g/mol. The first-order valence-electron chi connectivity index (χ1n) is 7.15. The molecule has 25 heavy (non-hydrogen) atoms. The first kappa shape index (κ1) is 17.3. The lowest BCUT2D eigenvalue weighted by Crippen LogP contribution is -2.42. The van der Waals surface area contributed by atoms with Crippen molar-refractivity contribution < 1.29 is 26.7 Å². The highest BCUT2D eigenvalue weighted by Gasteiger charge is 2.45. The number of aryl methyl sites for hydroxylation is 2. The van der Waals surface area contributed by atoms with E-state index in [2.05, 4.69) is 5.10 Å². The second kappa shape index (κ2) is 5.51. The van der Waals surface area contributed by atoms with Gasteiger partial charge in [0.05, 0.1) is 5.56 Å². The summed E-state index contributed by atoms with van der Waals surface area (Å²) in [4.78, 5) is -0.560. The summed E-state index contributed by atoms with van der Waals surface area (Å²) in [7, 11) is -3.23. The molecule has 2 heterocycles. The number of hydrogen-bond donors (Lipinski definition) is 1. The molecule has 0 saturated carbocycles. The molecule has 1 aromatic heterocycles. The Morgan fingerprint density at radius 1 is 1.20 bits per heavy atom. The van der Waals surface area contributed by atoms with Gasteiger partial charge in [-0.1, -0.05) is 24.3 Å². The Kier molecular flexibility index (Phi) is 3.82. The van der Waals surface area contributed by atoms with Gasteiger partial charge in [0.15, 0.2) is 5.82 Å². The molecule has 0 amide bonds. The van der Waals surface area contributed by atoms with E-state index in [0.717, 1.165) is 4.68 Å². The van der Waals surface area contributed by atoms with Crippen molar-refractivity contribution in [3.63, 3.8) is 0 Å². The number of rotatable bonds is 2. The molecule has 0 bridgehead atoms. The van der Waals surface area contributed by atoms with Crippen molar-refractivity contribution in [2.75, 3.05) is 10.8 Å². The summed E-state index contributed by atoms with van der Waals surface area (Å²) in [6.07, 6.45) is -3.49. The van der Waals surface area contributed by atoms with E-state index in [1.165, 1.54) is 19.3 Å². The van der Waals surface area contributed by atoms with Crippen molar-refractivity contribution in [3.05, 3.63) is 47.2 Å². The Labute approximate surface area is 141 Å². The smallest absolute Gasteiger partial charge is 0.407 e. The van der Waals surface area contributed by atoms with Crippen LogP contribution < -0.4 is 4.31 Å². The molecule has 0 radical (unpaired) electrons. The molecule has 0 unspecified atom stereocenters. The third-order valence-electron chi connectivity index (χ3n) is 3.78. The largest absolute Gasteiger partial charge is 0.506 e. The highest BCUT2D eigenvalue weighted by molar-refractivity contribution is 8.02. The Morgan fingerprint density at radius 2 is 1.84 bits per heavy atom. The van der Waals surface area contributed by atoms with Crippen molar-refractivity contribution in [1.29, 1.82) is 0 Å². The SMILES string of the molecule is Cc1ccccc1C1=C(O)c2cn(C)nc2N(CC(F)(F)F)S1(=O)=O. The molecule has 0 saturated heterocycles. The van der Waals surface area contributed by atoms with Crippen LogP contribution in [0.5, 0.6) is 0 Å². The molecule has 3 rings (SSSR count). The highest BCUT2D eigenvalue weighted by atomic mass is 32.2. The number of nitrogens with zero attached hydrogens (tertiary/aromatic N) is 3. The van der Waals surface area contributed by atoms with E-state index < -0.39 is 39.2 Å². The van der Waals surface area contributed by atoms with Gasteiger partial charge in [0, 0.05) is 18.8 Å². The molecule has 0 atom stereocenters. The van der Waals surface area contributed by atoms with Crippen LogP contribution in [0.15, 0.2) is 30.5 Å². The average molecular weight is 373 g/mol. The summed E-state index contributed by atoms with van der Waals surface area (Å²) in [5.41, 5.74) is 0.577. The molecule has 2 aromatic rings. The maximum absolute atomic E-state index is 13.0. The van der Waals surface area contributed by atoms with E-state index in [1.54, 1.807) is 25.1 Å². The van der Waals surface area contributed by atoms with Gasteiger partial charge in [-0.2, -0.15) is 18.3 Å². The van der Waals surface area contributed by atoms with Crippen LogP contribution in [0.4, 0.5) is 19.0 Å². The zero-order valence-corrected chi connectivity index (χ0v) is 14.1. The summed E-state index contributed by atoms with van der Waals surface area (Å²) in [5.74, 6) is -1.06. The Hall–Kier alpha value is -2.49. The van der Waals surface area contributed by atoms with E-state index >= 15 is 0 Å². The van der Waals surface area contributed by atoms with Crippen LogP contribution in [0.2, 0.25) is 0 Å². The number of fused-ring (bicyclic) bond motifs is 1. The molecule has 1 aliphatic rings. The number of aromatic nitrogens is 2. The molecule has 1 aromatic carbocycles. The fourth-order valence-electron chi connectivity index (χ4n) is 2.71. The molecule has 1 aliphatic heterocycles. The number of sulfonamides is 1. The van der Waals surface area contributed by atoms with Gasteiger partial charge in [0.1, 0.15) is 17.2 Å². The minimum absolute atomic E-state index is 0.0696. The van der Waals surface area contributed by atoms with Gasteiger partial charge in [-0.15, -0.1) is 0 Å². The predicted octanol–water partition coefficient (Wildman–Crippen LogP) is 2.82. The minimum Gasteiger partial charge on any atom is -0.506 e. The summed E-state index contributed by atoms with van der Waals surface area (Å²) in [6, 6.07) is 6.25. The van der Waals surface area contributed by atoms with E-state index in [4.69, 9.17) is 0 Å². The van der Waals surface area contributed by atoms with Crippen LogP contribution in [-0.2, 0) is 17.1 Å². The van der Waals surface area contributed by atoms with Crippen LogP contribution in [-0.4, -0.2) is 36.0 Å². The maximum Gasteiger partial charge on any atom is 0.407 e. The van der Waals surface area contributed by atoms with E-state index in [1.807, 2.05) is 0 Å². The van der Waals surface area contributed by atoms with Gasteiger partial charge in [-0.05, 0) is 12.5 Å². The molecule has 10 heteroatoms. The third-order valence-corrected chi connectivity index (χ3v) is 5.59. The number of benzene rings is 1. The molecule has 134 valence electrons. The van der Waals surface area contributed by atoms with Crippen LogP contribution in [0, 0.1) is 6.92 Å². The summed E-state index contributed by atoms with van der Waals surface area (Å²) >= 11 is 0. The number of aliphatic hydroxyl groups is 1. The van der Waals surface area contributed by atoms with Crippen LogP contribution in [0.25, 0.3) is 10.7 Å². The predicted molar refractivity (Wildman–Crippen MR) is 86.2 cm³/mol. The van der Waals surface area contributed by atoms with Crippen LogP contribution in [0.3, 0.4) is 0 Å². The Morgan fingerprint density at radius 3 is 2.44 bits per heavy atom. The number of hydrogen-bond acceptors (Lipinski definition) is 4. The maximum atomic E-state index is 13.0. The molecule has 0 aliphatic carbocycles. The van der Waals surface area contributed by atoms with Crippen LogP contribution in [0.1, 0.15) is 16.7 Å². The first-order chi connectivity index (χ1) is 11.5.